The molecule has 0 rings (SSSR count). The Morgan fingerprint density at radius 2 is 1.67 bits per heavy atom. The highest BCUT2D eigenvalue weighted by molar-refractivity contribution is 5.83. The van der Waals surface area contributed by atoms with Gasteiger partial charge in [0.05, 0.1) is 7.11 Å². The van der Waals surface area contributed by atoms with Crippen molar-refractivity contribution in [1.82, 2.24) is 10.6 Å². The second-order valence-electron chi connectivity index (χ2n) is 5.55. The molecule has 0 fully saturated rings. The lowest BCUT2D eigenvalue weighted by molar-refractivity contribution is -0.144. The van der Waals surface area contributed by atoms with E-state index in [0.29, 0.717) is 6.54 Å². The number of urea groups is 1. The Bertz CT molecular complexity index is 295. The van der Waals surface area contributed by atoms with E-state index in [1.54, 1.807) is 0 Å². The number of rotatable bonds is 11. The van der Waals surface area contributed by atoms with Gasteiger partial charge in [0, 0.05) is 6.54 Å². The van der Waals surface area contributed by atoms with Crippen LogP contribution in [0.4, 0.5) is 4.79 Å². The third kappa shape index (κ3) is 9.32. The quantitative estimate of drug-likeness (QED) is 0.455. The summed E-state index contributed by atoms with van der Waals surface area (Å²) < 4.78 is 4.74. The molecule has 5 heteroatoms. The molecule has 2 N–H and O–H groups in total. The van der Waals surface area contributed by atoms with E-state index in [9.17, 15) is 9.59 Å². The second-order valence-corrected chi connectivity index (χ2v) is 5.55. The average molecular weight is 300 g/mol. The van der Waals surface area contributed by atoms with Gasteiger partial charge >= 0.3 is 12.0 Å². The van der Waals surface area contributed by atoms with Gasteiger partial charge in [-0.15, -0.1) is 0 Å². The molecular weight excluding hydrogens is 268 g/mol. The van der Waals surface area contributed by atoms with E-state index >= 15 is 0 Å². The van der Waals surface area contributed by atoms with E-state index in [0.717, 1.165) is 19.3 Å². The minimum atomic E-state index is -0.579. The van der Waals surface area contributed by atoms with Crippen molar-refractivity contribution in [2.45, 2.75) is 71.8 Å². The molecule has 0 aromatic carbocycles. The predicted octanol–water partition coefficient (Wildman–Crippen LogP) is 3.23. The van der Waals surface area contributed by atoms with Crippen LogP contribution >= 0.6 is 0 Å². The predicted molar refractivity (Wildman–Crippen MR) is 85.2 cm³/mol. The van der Waals surface area contributed by atoms with Gasteiger partial charge in [0.1, 0.15) is 6.04 Å². The fourth-order valence-corrected chi connectivity index (χ4v) is 2.10. The summed E-state index contributed by atoms with van der Waals surface area (Å²) in [6.07, 6.45) is 7.91. The van der Waals surface area contributed by atoms with Crippen molar-refractivity contribution in [3.8, 4) is 0 Å². The maximum atomic E-state index is 11.8. The number of methoxy groups -OCH3 is 1. The van der Waals surface area contributed by atoms with Crippen LogP contribution in [0.1, 0.15) is 65.7 Å². The number of amides is 2. The molecule has 0 aliphatic carbocycles. The molecule has 0 aromatic heterocycles. The Morgan fingerprint density at radius 3 is 2.24 bits per heavy atom. The first-order chi connectivity index (χ1) is 10.1. The van der Waals surface area contributed by atoms with Crippen LogP contribution in [0, 0.1) is 5.92 Å². The largest absolute Gasteiger partial charge is 0.467 e. The van der Waals surface area contributed by atoms with E-state index in [-0.39, 0.29) is 17.9 Å². The van der Waals surface area contributed by atoms with Crippen molar-refractivity contribution in [2.24, 2.45) is 5.92 Å². The Balaban J connectivity index is 3.91. The van der Waals surface area contributed by atoms with Crippen LogP contribution in [-0.4, -0.2) is 31.7 Å². The number of ether oxygens (including phenoxy) is 1. The molecule has 0 heterocycles. The lowest BCUT2D eigenvalue weighted by Crippen LogP contribution is -2.49. The summed E-state index contributed by atoms with van der Waals surface area (Å²) in [6.45, 7) is 6.75. The summed E-state index contributed by atoms with van der Waals surface area (Å²) in [5, 5.41) is 5.51. The number of unbranched alkanes of at least 4 members (excludes halogenated alkanes) is 5. The van der Waals surface area contributed by atoms with Gasteiger partial charge in [-0.3, -0.25) is 0 Å². The molecule has 0 unspecified atom stereocenters. The molecule has 5 nitrogen and oxygen atoms in total. The third-order valence-electron chi connectivity index (χ3n) is 3.77. The fraction of sp³-hybridized carbons (Fsp3) is 0.875. The standard InChI is InChI=1S/C16H32N2O3/c1-5-7-8-9-10-11-12-17-16(20)18-14(13(3)6-2)15(19)21-4/h13-14H,5-12H2,1-4H3,(H2,17,18,20)/t13-,14-/m0/s1. The molecule has 0 spiro atoms. The minimum absolute atomic E-state index is 0.0530. The van der Waals surface area contributed by atoms with Gasteiger partial charge in [0.15, 0.2) is 0 Å². The summed E-state index contributed by atoms with van der Waals surface area (Å²) >= 11 is 0. The SMILES string of the molecule is CCCCCCCCNC(=O)N[C@H](C(=O)OC)[C@@H](C)CC. The van der Waals surface area contributed by atoms with Crippen LogP contribution in [0.15, 0.2) is 0 Å². The lowest BCUT2D eigenvalue weighted by atomic mass is 9.99. The van der Waals surface area contributed by atoms with E-state index in [1.807, 2.05) is 13.8 Å². The summed E-state index contributed by atoms with van der Waals surface area (Å²) in [5.41, 5.74) is 0. The summed E-state index contributed by atoms with van der Waals surface area (Å²) in [6, 6.07) is -0.871. The number of nitrogens with one attached hydrogen (secondary N) is 2. The molecule has 0 aliphatic rings. The fourth-order valence-electron chi connectivity index (χ4n) is 2.10. The van der Waals surface area contributed by atoms with Gasteiger partial charge in [-0.05, 0) is 12.3 Å². The number of esters is 1. The Kier molecular flexibility index (Phi) is 11.7. The van der Waals surface area contributed by atoms with E-state index in [2.05, 4.69) is 17.6 Å². The summed E-state index contributed by atoms with van der Waals surface area (Å²) in [7, 11) is 1.34. The molecule has 0 aromatic rings. The van der Waals surface area contributed by atoms with Crippen LogP contribution in [0.3, 0.4) is 0 Å². The molecule has 21 heavy (non-hydrogen) atoms. The van der Waals surface area contributed by atoms with Crippen LogP contribution in [0.25, 0.3) is 0 Å². The molecule has 0 saturated carbocycles. The smallest absolute Gasteiger partial charge is 0.328 e. The lowest BCUT2D eigenvalue weighted by Gasteiger charge is -2.22. The monoisotopic (exact) mass is 300 g/mol. The normalized spacial score (nSPS) is 13.3. The summed E-state index contributed by atoms with van der Waals surface area (Å²) in [4.78, 5) is 23.5. The molecule has 0 saturated heterocycles. The first kappa shape index (κ1) is 19.7. The van der Waals surface area contributed by atoms with Crippen molar-refractivity contribution >= 4 is 12.0 Å². The van der Waals surface area contributed by atoms with E-state index in [4.69, 9.17) is 4.74 Å². The Hall–Kier alpha value is -1.26. The highest BCUT2D eigenvalue weighted by Gasteiger charge is 2.26. The molecule has 124 valence electrons. The average Bonchev–Trinajstić information content (AvgIpc) is 2.50. The maximum absolute atomic E-state index is 11.8. The summed E-state index contributed by atoms with van der Waals surface area (Å²) in [5.74, 6) is -0.337. The van der Waals surface area contributed by atoms with Gasteiger partial charge in [-0.2, -0.15) is 0 Å². The van der Waals surface area contributed by atoms with Crippen LogP contribution in [-0.2, 0) is 9.53 Å². The number of carbonyl (C=O) groups excluding carboxylic acids is 2. The van der Waals surface area contributed by atoms with Crippen LogP contribution in [0.2, 0.25) is 0 Å². The molecule has 2 amide bonds. The third-order valence-corrected chi connectivity index (χ3v) is 3.77. The molecule has 0 radical (unpaired) electrons. The zero-order valence-corrected chi connectivity index (χ0v) is 14.0. The van der Waals surface area contributed by atoms with Crippen LogP contribution in [0.5, 0.6) is 0 Å². The van der Waals surface area contributed by atoms with Crippen molar-refractivity contribution in [3.05, 3.63) is 0 Å². The molecule has 2 atom stereocenters. The zero-order valence-electron chi connectivity index (χ0n) is 14.0. The second kappa shape index (κ2) is 12.5. The maximum Gasteiger partial charge on any atom is 0.328 e. The van der Waals surface area contributed by atoms with Gasteiger partial charge in [-0.1, -0.05) is 59.3 Å². The highest BCUT2D eigenvalue weighted by Crippen LogP contribution is 2.09. The van der Waals surface area contributed by atoms with Gasteiger partial charge in [0.25, 0.3) is 0 Å². The van der Waals surface area contributed by atoms with Gasteiger partial charge in [0.2, 0.25) is 0 Å². The van der Waals surface area contributed by atoms with Crippen molar-refractivity contribution < 1.29 is 14.3 Å². The number of carbonyl (C=O) groups is 2. The number of hydrogen-bond acceptors (Lipinski definition) is 3. The van der Waals surface area contributed by atoms with Gasteiger partial charge < -0.3 is 15.4 Å². The molecule has 0 bridgehead atoms. The van der Waals surface area contributed by atoms with Gasteiger partial charge in [-0.25, -0.2) is 9.59 Å². The zero-order chi connectivity index (χ0) is 16.1. The van der Waals surface area contributed by atoms with Crippen molar-refractivity contribution in [2.75, 3.05) is 13.7 Å². The minimum Gasteiger partial charge on any atom is -0.467 e. The first-order valence-electron chi connectivity index (χ1n) is 8.18. The molecular formula is C16H32N2O3. The Labute approximate surface area is 129 Å². The molecule has 0 aliphatic heterocycles. The highest BCUT2D eigenvalue weighted by atomic mass is 16.5. The van der Waals surface area contributed by atoms with Crippen molar-refractivity contribution in [1.29, 1.82) is 0 Å². The van der Waals surface area contributed by atoms with Crippen molar-refractivity contribution in [3.63, 3.8) is 0 Å². The van der Waals surface area contributed by atoms with E-state index < -0.39 is 6.04 Å². The topological polar surface area (TPSA) is 67.4 Å². The number of hydrogen-bond donors (Lipinski definition) is 2. The Morgan fingerprint density at radius 1 is 1.05 bits per heavy atom. The first-order valence-corrected chi connectivity index (χ1v) is 8.18. The van der Waals surface area contributed by atoms with E-state index in [1.165, 1.54) is 32.8 Å². The van der Waals surface area contributed by atoms with Crippen LogP contribution < -0.4 is 10.6 Å².